The molecule has 0 bridgehead atoms. The second-order valence-electron chi connectivity index (χ2n) is 7.97. The Balaban J connectivity index is 1.32. The molecule has 3 aromatic rings. The lowest BCUT2D eigenvalue weighted by Gasteiger charge is -2.34. The number of carbonyl (C=O) groups is 1. The maximum absolute atomic E-state index is 14.5. The molecule has 1 saturated carbocycles. The van der Waals surface area contributed by atoms with E-state index in [0.29, 0.717) is 18.6 Å². The maximum atomic E-state index is 14.5. The summed E-state index contributed by atoms with van der Waals surface area (Å²) in [7, 11) is 0. The van der Waals surface area contributed by atoms with Crippen molar-refractivity contribution in [2.24, 2.45) is 0 Å². The zero-order valence-electron chi connectivity index (χ0n) is 17.8. The molecule has 1 aliphatic carbocycles. The zero-order valence-corrected chi connectivity index (χ0v) is 17.8. The van der Waals surface area contributed by atoms with Gasteiger partial charge in [-0.25, -0.2) is 8.78 Å². The molecule has 0 radical (unpaired) electrons. The van der Waals surface area contributed by atoms with Crippen LogP contribution in [0.4, 0.5) is 8.78 Å². The molecule has 0 spiro atoms. The number of nitrogens with zero attached hydrogens (tertiary/aromatic N) is 1. The number of halogens is 2. The molecule has 8 heteroatoms. The van der Waals surface area contributed by atoms with Gasteiger partial charge in [-0.3, -0.25) is 4.79 Å². The Morgan fingerprint density at radius 3 is 2.53 bits per heavy atom. The number of rotatable bonds is 8. The number of ether oxygens (including phenoxy) is 2. The molecule has 6 nitrogen and oxygen atoms in total. The van der Waals surface area contributed by atoms with Gasteiger partial charge in [0.05, 0.1) is 11.7 Å². The van der Waals surface area contributed by atoms with Gasteiger partial charge in [-0.1, -0.05) is 35.5 Å². The van der Waals surface area contributed by atoms with Gasteiger partial charge in [0.25, 0.3) is 0 Å². The summed E-state index contributed by atoms with van der Waals surface area (Å²) in [5, 5.41) is 6.79. The van der Waals surface area contributed by atoms with E-state index >= 15 is 0 Å². The van der Waals surface area contributed by atoms with E-state index in [1.165, 1.54) is 6.92 Å². The second kappa shape index (κ2) is 9.38. The van der Waals surface area contributed by atoms with Crippen molar-refractivity contribution in [1.82, 2.24) is 10.5 Å². The van der Waals surface area contributed by atoms with Gasteiger partial charge in [0.15, 0.2) is 23.1 Å². The fourth-order valence-electron chi connectivity index (χ4n) is 3.62. The summed E-state index contributed by atoms with van der Waals surface area (Å²) >= 11 is 0. The standard InChI is InChI=1S/C24H24F2N2O4/c1-14(27-15(2)29)23-12-22(28-32-23)17-8-19(9-17)31-24-20(25)10-18(11-21(24)26)30-13-16-6-4-3-5-7-16/h3-7,10-12,14,17,19H,8-9,13H2,1-2H3,(H,27,29)/t14-,17?,19?/m0/s1. The van der Waals surface area contributed by atoms with Gasteiger partial charge in [0, 0.05) is 31.0 Å². The third kappa shape index (κ3) is 5.07. The lowest BCUT2D eigenvalue weighted by molar-refractivity contribution is -0.119. The first-order valence-corrected chi connectivity index (χ1v) is 10.4. The molecular formula is C24H24F2N2O4. The Hall–Kier alpha value is -3.42. The Kier molecular flexibility index (Phi) is 6.39. The van der Waals surface area contributed by atoms with Crippen LogP contribution < -0.4 is 14.8 Å². The highest BCUT2D eigenvalue weighted by atomic mass is 19.1. The van der Waals surface area contributed by atoms with Crippen LogP contribution >= 0.6 is 0 Å². The molecule has 1 N–H and O–H groups in total. The highest BCUT2D eigenvalue weighted by Gasteiger charge is 2.35. The largest absolute Gasteiger partial charge is 0.489 e. The number of hydrogen-bond donors (Lipinski definition) is 1. The molecule has 0 unspecified atom stereocenters. The molecule has 0 saturated heterocycles. The van der Waals surface area contributed by atoms with E-state index in [9.17, 15) is 13.6 Å². The summed E-state index contributed by atoms with van der Waals surface area (Å²) < 4.78 is 45.3. The van der Waals surface area contributed by atoms with E-state index in [2.05, 4.69) is 10.5 Å². The Bertz CT molecular complexity index is 1060. The molecule has 2 aromatic carbocycles. The first-order valence-electron chi connectivity index (χ1n) is 10.4. The van der Waals surface area contributed by atoms with Crippen LogP contribution in [-0.4, -0.2) is 17.2 Å². The maximum Gasteiger partial charge on any atom is 0.217 e. The molecule has 32 heavy (non-hydrogen) atoms. The molecule has 1 atom stereocenters. The third-order valence-corrected chi connectivity index (χ3v) is 5.41. The van der Waals surface area contributed by atoms with Crippen molar-refractivity contribution < 1.29 is 27.6 Å². The summed E-state index contributed by atoms with van der Waals surface area (Å²) in [6.45, 7) is 3.45. The van der Waals surface area contributed by atoms with Crippen LogP contribution in [0.3, 0.4) is 0 Å². The van der Waals surface area contributed by atoms with Gasteiger partial charge in [0.2, 0.25) is 5.91 Å². The SMILES string of the molecule is CC(=O)N[C@@H](C)c1cc(C2CC(Oc3c(F)cc(OCc4ccccc4)cc3F)C2)no1. The predicted octanol–water partition coefficient (Wildman–Crippen LogP) is 5.05. The smallest absolute Gasteiger partial charge is 0.217 e. The van der Waals surface area contributed by atoms with Crippen LogP contribution in [-0.2, 0) is 11.4 Å². The molecule has 1 amide bonds. The van der Waals surface area contributed by atoms with E-state index in [-0.39, 0.29) is 36.3 Å². The molecule has 1 fully saturated rings. The summed E-state index contributed by atoms with van der Waals surface area (Å²) in [5.41, 5.74) is 1.64. The summed E-state index contributed by atoms with van der Waals surface area (Å²) in [6.07, 6.45) is 0.796. The number of amides is 1. The van der Waals surface area contributed by atoms with Crippen molar-refractivity contribution in [3.05, 3.63) is 77.2 Å². The molecule has 1 aromatic heterocycles. The van der Waals surface area contributed by atoms with E-state index in [1.807, 2.05) is 30.3 Å². The van der Waals surface area contributed by atoms with Crippen molar-refractivity contribution in [2.45, 2.75) is 51.4 Å². The van der Waals surface area contributed by atoms with Gasteiger partial charge < -0.3 is 19.3 Å². The highest BCUT2D eigenvalue weighted by Crippen LogP contribution is 2.40. The fraction of sp³-hybridized carbons (Fsp3) is 0.333. The summed E-state index contributed by atoms with van der Waals surface area (Å²) in [4.78, 5) is 11.2. The van der Waals surface area contributed by atoms with Crippen LogP contribution in [0, 0.1) is 11.6 Å². The Morgan fingerprint density at radius 2 is 1.88 bits per heavy atom. The van der Waals surface area contributed by atoms with Crippen LogP contribution in [0.2, 0.25) is 0 Å². The van der Waals surface area contributed by atoms with Crippen LogP contribution in [0.5, 0.6) is 11.5 Å². The van der Waals surface area contributed by atoms with Crippen molar-refractivity contribution in [1.29, 1.82) is 0 Å². The minimum absolute atomic E-state index is 0.0710. The molecule has 168 valence electrons. The number of benzene rings is 2. The van der Waals surface area contributed by atoms with E-state index in [0.717, 1.165) is 23.4 Å². The highest BCUT2D eigenvalue weighted by molar-refractivity contribution is 5.73. The van der Waals surface area contributed by atoms with E-state index in [1.54, 1.807) is 13.0 Å². The van der Waals surface area contributed by atoms with Crippen molar-refractivity contribution in [3.8, 4) is 11.5 Å². The first kappa shape index (κ1) is 21.8. The fourth-order valence-corrected chi connectivity index (χ4v) is 3.62. The van der Waals surface area contributed by atoms with Crippen LogP contribution in [0.15, 0.2) is 53.1 Å². The predicted molar refractivity (Wildman–Crippen MR) is 112 cm³/mol. The van der Waals surface area contributed by atoms with Crippen LogP contribution in [0.25, 0.3) is 0 Å². The number of aromatic nitrogens is 1. The topological polar surface area (TPSA) is 73.6 Å². The lowest BCUT2D eigenvalue weighted by Crippen LogP contribution is -2.33. The zero-order chi connectivity index (χ0) is 22.7. The van der Waals surface area contributed by atoms with Gasteiger partial charge >= 0.3 is 0 Å². The summed E-state index contributed by atoms with van der Waals surface area (Å²) in [6, 6.07) is 13.1. The van der Waals surface area contributed by atoms with E-state index < -0.39 is 17.4 Å². The average molecular weight is 442 g/mol. The van der Waals surface area contributed by atoms with Crippen molar-refractivity contribution in [2.75, 3.05) is 0 Å². The third-order valence-electron chi connectivity index (χ3n) is 5.41. The number of nitrogens with one attached hydrogen (secondary N) is 1. The Labute approximate surface area is 184 Å². The van der Waals surface area contributed by atoms with Crippen molar-refractivity contribution in [3.63, 3.8) is 0 Å². The normalized spacial score (nSPS) is 18.5. The minimum Gasteiger partial charge on any atom is -0.489 e. The molecule has 1 heterocycles. The number of hydrogen-bond acceptors (Lipinski definition) is 5. The minimum atomic E-state index is -0.802. The molecule has 1 aliphatic rings. The Morgan fingerprint density at radius 1 is 1.19 bits per heavy atom. The van der Waals surface area contributed by atoms with Gasteiger partial charge in [-0.2, -0.15) is 0 Å². The van der Waals surface area contributed by atoms with Gasteiger partial charge in [-0.05, 0) is 25.3 Å². The summed E-state index contributed by atoms with van der Waals surface area (Å²) in [5.74, 6) is -1.43. The quantitative estimate of drug-likeness (QED) is 0.528. The number of carbonyl (C=O) groups excluding carboxylic acids is 1. The monoisotopic (exact) mass is 442 g/mol. The molecule has 4 rings (SSSR count). The lowest BCUT2D eigenvalue weighted by atomic mass is 9.80. The molecule has 0 aliphatic heterocycles. The van der Waals surface area contributed by atoms with E-state index in [4.69, 9.17) is 14.0 Å². The molecular weight excluding hydrogens is 418 g/mol. The van der Waals surface area contributed by atoms with Gasteiger partial charge in [0.1, 0.15) is 18.5 Å². The van der Waals surface area contributed by atoms with Crippen molar-refractivity contribution >= 4 is 5.91 Å². The second-order valence-corrected chi connectivity index (χ2v) is 7.97. The average Bonchev–Trinajstić information content (AvgIpc) is 3.20. The van der Waals surface area contributed by atoms with Gasteiger partial charge in [-0.15, -0.1) is 0 Å². The first-order chi connectivity index (χ1) is 15.4. The van der Waals surface area contributed by atoms with Crippen LogP contribution in [0.1, 0.15) is 55.7 Å².